The summed E-state index contributed by atoms with van der Waals surface area (Å²) in [5, 5.41) is 11.2. The number of ketones is 1. The lowest BCUT2D eigenvalue weighted by atomic mass is 10.00. The molecule has 0 unspecified atom stereocenters. The second-order valence-electron chi connectivity index (χ2n) is 3.50. The third-order valence-corrected chi connectivity index (χ3v) is 1.73. The molecule has 1 atom stereocenters. The zero-order chi connectivity index (χ0) is 10.4. The van der Waals surface area contributed by atoms with E-state index in [0.717, 1.165) is 0 Å². The number of aliphatic carboxylic acids is 1. The van der Waals surface area contributed by atoms with Crippen molar-refractivity contribution in [2.45, 2.75) is 32.7 Å². The third kappa shape index (κ3) is 5.36. The summed E-state index contributed by atoms with van der Waals surface area (Å²) >= 11 is 0. The van der Waals surface area contributed by atoms with Crippen LogP contribution in [0.15, 0.2) is 0 Å². The Morgan fingerprint density at radius 1 is 1.31 bits per heavy atom. The van der Waals surface area contributed by atoms with Crippen LogP contribution in [0.1, 0.15) is 26.7 Å². The Labute approximate surface area is 78.3 Å². The van der Waals surface area contributed by atoms with E-state index in [1.165, 1.54) is 0 Å². The van der Waals surface area contributed by atoms with E-state index in [4.69, 9.17) is 5.11 Å². The molecule has 0 aromatic rings. The second kappa shape index (κ2) is 5.70. The summed E-state index contributed by atoms with van der Waals surface area (Å²) in [6, 6.07) is -0.542. The smallest absolute Gasteiger partial charge is 0.305 e. The number of carboxylic acids is 1. The van der Waals surface area contributed by atoms with Crippen LogP contribution in [0, 0.1) is 5.92 Å². The van der Waals surface area contributed by atoms with E-state index < -0.39 is 12.0 Å². The van der Waals surface area contributed by atoms with E-state index in [1.54, 1.807) is 7.05 Å². The van der Waals surface area contributed by atoms with Gasteiger partial charge >= 0.3 is 5.97 Å². The number of likely N-dealkylation sites (N-methyl/N-ethyl adjacent to an activating group) is 1. The van der Waals surface area contributed by atoms with Gasteiger partial charge in [-0.3, -0.25) is 9.59 Å². The molecule has 4 heteroatoms. The minimum absolute atomic E-state index is 0.0279. The summed E-state index contributed by atoms with van der Waals surface area (Å²) < 4.78 is 0. The van der Waals surface area contributed by atoms with Gasteiger partial charge in [-0.15, -0.1) is 0 Å². The molecule has 13 heavy (non-hydrogen) atoms. The summed E-state index contributed by atoms with van der Waals surface area (Å²) in [7, 11) is 1.60. The van der Waals surface area contributed by atoms with E-state index in [0.29, 0.717) is 6.42 Å². The van der Waals surface area contributed by atoms with Crippen LogP contribution >= 0.6 is 0 Å². The average Bonchev–Trinajstić information content (AvgIpc) is 1.98. The molecule has 0 aromatic heterocycles. The summed E-state index contributed by atoms with van der Waals surface area (Å²) in [5.41, 5.74) is 0. The van der Waals surface area contributed by atoms with Crippen LogP contribution in [-0.2, 0) is 9.59 Å². The van der Waals surface area contributed by atoms with E-state index >= 15 is 0 Å². The van der Waals surface area contributed by atoms with E-state index in [2.05, 4.69) is 5.32 Å². The predicted molar refractivity (Wildman–Crippen MR) is 49.6 cm³/mol. The lowest BCUT2D eigenvalue weighted by Crippen LogP contribution is -2.36. The molecule has 0 aliphatic carbocycles. The first-order valence-corrected chi connectivity index (χ1v) is 4.39. The van der Waals surface area contributed by atoms with Crippen molar-refractivity contribution in [1.82, 2.24) is 5.32 Å². The number of carbonyl (C=O) groups is 2. The molecule has 4 nitrogen and oxygen atoms in total. The molecule has 0 fully saturated rings. The fourth-order valence-electron chi connectivity index (χ4n) is 1.10. The van der Waals surface area contributed by atoms with E-state index in [9.17, 15) is 9.59 Å². The number of hydrogen-bond acceptors (Lipinski definition) is 3. The van der Waals surface area contributed by atoms with Gasteiger partial charge in [0.1, 0.15) is 0 Å². The molecular weight excluding hydrogens is 170 g/mol. The third-order valence-electron chi connectivity index (χ3n) is 1.73. The topological polar surface area (TPSA) is 66.4 Å². The Bertz CT molecular complexity index is 189. The Hall–Kier alpha value is -0.900. The minimum atomic E-state index is -0.948. The summed E-state index contributed by atoms with van der Waals surface area (Å²) in [6.45, 7) is 3.87. The normalized spacial score (nSPS) is 12.9. The maximum absolute atomic E-state index is 11.4. The van der Waals surface area contributed by atoms with Gasteiger partial charge in [-0.2, -0.15) is 0 Å². The maximum Gasteiger partial charge on any atom is 0.305 e. The Kier molecular flexibility index (Phi) is 5.30. The van der Waals surface area contributed by atoms with Crippen molar-refractivity contribution in [3.05, 3.63) is 0 Å². The van der Waals surface area contributed by atoms with Crippen molar-refractivity contribution in [3.8, 4) is 0 Å². The molecule has 0 saturated carbocycles. The van der Waals surface area contributed by atoms with Crippen LogP contribution in [0.2, 0.25) is 0 Å². The standard InChI is InChI=1S/C9H17NO3/c1-6(2)4-8(11)7(10-3)5-9(12)13/h6-7,10H,4-5H2,1-3H3,(H,12,13)/t7-/m0/s1. The van der Waals surface area contributed by atoms with Crippen molar-refractivity contribution < 1.29 is 14.7 Å². The van der Waals surface area contributed by atoms with Crippen LogP contribution < -0.4 is 5.32 Å². The van der Waals surface area contributed by atoms with Gasteiger partial charge in [0.15, 0.2) is 5.78 Å². The van der Waals surface area contributed by atoms with E-state index in [-0.39, 0.29) is 18.1 Å². The first-order valence-electron chi connectivity index (χ1n) is 4.39. The highest BCUT2D eigenvalue weighted by Crippen LogP contribution is 2.05. The van der Waals surface area contributed by atoms with Gasteiger partial charge in [-0.1, -0.05) is 13.8 Å². The molecule has 0 bridgehead atoms. The molecule has 0 amide bonds. The first kappa shape index (κ1) is 12.1. The first-order chi connectivity index (χ1) is 5.97. The van der Waals surface area contributed by atoms with Crippen LogP contribution in [0.3, 0.4) is 0 Å². The number of rotatable bonds is 6. The molecule has 2 N–H and O–H groups in total. The Balaban J connectivity index is 4.07. The second-order valence-corrected chi connectivity index (χ2v) is 3.50. The Morgan fingerprint density at radius 3 is 2.15 bits per heavy atom. The summed E-state index contributed by atoms with van der Waals surface area (Å²) in [5.74, 6) is -0.700. The molecule has 0 aliphatic rings. The zero-order valence-corrected chi connectivity index (χ0v) is 8.33. The van der Waals surface area contributed by atoms with Gasteiger partial charge in [0.05, 0.1) is 12.5 Å². The number of hydrogen-bond donors (Lipinski definition) is 2. The summed E-state index contributed by atoms with van der Waals surface area (Å²) in [4.78, 5) is 21.8. The predicted octanol–water partition coefficient (Wildman–Crippen LogP) is 0.664. The highest BCUT2D eigenvalue weighted by molar-refractivity contribution is 5.87. The van der Waals surface area contributed by atoms with Gasteiger partial charge in [0.2, 0.25) is 0 Å². The number of nitrogens with one attached hydrogen (secondary N) is 1. The fourth-order valence-corrected chi connectivity index (χ4v) is 1.10. The van der Waals surface area contributed by atoms with Crippen molar-refractivity contribution in [2.24, 2.45) is 5.92 Å². The SMILES string of the molecule is CN[C@@H](CC(=O)O)C(=O)CC(C)C. The minimum Gasteiger partial charge on any atom is -0.481 e. The van der Waals surface area contributed by atoms with E-state index in [1.807, 2.05) is 13.8 Å². The molecule has 0 radical (unpaired) electrons. The highest BCUT2D eigenvalue weighted by atomic mass is 16.4. The molecule has 0 saturated heterocycles. The van der Waals surface area contributed by atoms with Crippen molar-refractivity contribution in [2.75, 3.05) is 7.05 Å². The Morgan fingerprint density at radius 2 is 1.85 bits per heavy atom. The molecule has 0 aromatic carbocycles. The van der Waals surface area contributed by atoms with Crippen LogP contribution in [-0.4, -0.2) is 29.9 Å². The quantitative estimate of drug-likeness (QED) is 0.641. The van der Waals surface area contributed by atoms with Gasteiger partial charge < -0.3 is 10.4 Å². The van der Waals surface area contributed by atoms with Crippen molar-refractivity contribution in [1.29, 1.82) is 0 Å². The molecule has 76 valence electrons. The zero-order valence-electron chi connectivity index (χ0n) is 8.33. The monoisotopic (exact) mass is 187 g/mol. The number of Topliss-reactive ketones (excluding diaryl/α,β-unsaturated/α-hetero) is 1. The fraction of sp³-hybridized carbons (Fsp3) is 0.778. The average molecular weight is 187 g/mol. The summed E-state index contributed by atoms with van der Waals surface area (Å²) in [6.07, 6.45) is 0.292. The van der Waals surface area contributed by atoms with Crippen LogP contribution in [0.4, 0.5) is 0 Å². The maximum atomic E-state index is 11.4. The van der Waals surface area contributed by atoms with Crippen LogP contribution in [0.25, 0.3) is 0 Å². The molecule has 0 aliphatic heterocycles. The van der Waals surface area contributed by atoms with Crippen LogP contribution in [0.5, 0.6) is 0 Å². The largest absolute Gasteiger partial charge is 0.481 e. The molecular formula is C9H17NO3. The van der Waals surface area contributed by atoms with Gasteiger partial charge in [-0.05, 0) is 13.0 Å². The number of carboxylic acid groups (broad SMARTS) is 1. The van der Waals surface area contributed by atoms with Gasteiger partial charge in [0.25, 0.3) is 0 Å². The lowest BCUT2D eigenvalue weighted by Gasteiger charge is -2.13. The molecule has 0 heterocycles. The molecule has 0 spiro atoms. The number of carbonyl (C=O) groups excluding carboxylic acids is 1. The highest BCUT2D eigenvalue weighted by Gasteiger charge is 2.19. The van der Waals surface area contributed by atoms with Crippen molar-refractivity contribution in [3.63, 3.8) is 0 Å². The lowest BCUT2D eigenvalue weighted by molar-refractivity contribution is -0.139. The van der Waals surface area contributed by atoms with Crippen molar-refractivity contribution >= 4 is 11.8 Å². The van der Waals surface area contributed by atoms with Gasteiger partial charge in [-0.25, -0.2) is 0 Å². The van der Waals surface area contributed by atoms with Gasteiger partial charge in [0, 0.05) is 6.42 Å². The molecule has 0 rings (SSSR count).